The lowest BCUT2D eigenvalue weighted by atomic mass is 9.79. The van der Waals surface area contributed by atoms with Crippen LogP contribution in [0.4, 0.5) is 0 Å². The summed E-state index contributed by atoms with van der Waals surface area (Å²) < 4.78 is 16.5. The van der Waals surface area contributed by atoms with E-state index in [1.165, 1.54) is 0 Å². The van der Waals surface area contributed by atoms with Gasteiger partial charge < -0.3 is 19.3 Å². The molecule has 0 aromatic heterocycles. The van der Waals surface area contributed by atoms with E-state index in [-0.39, 0.29) is 17.6 Å². The summed E-state index contributed by atoms with van der Waals surface area (Å²) in [5.41, 5.74) is 0.709. The lowest BCUT2D eigenvalue weighted by Gasteiger charge is -2.36. The van der Waals surface area contributed by atoms with E-state index in [4.69, 9.17) is 14.2 Å². The predicted molar refractivity (Wildman–Crippen MR) is 98.6 cm³/mol. The number of fused-ring (bicyclic) bond motifs is 2. The third kappa shape index (κ3) is 2.49. The Balaban J connectivity index is 2.11. The molecular formula is C21H26O5. The van der Waals surface area contributed by atoms with E-state index in [2.05, 4.69) is 6.58 Å². The first kappa shape index (κ1) is 18.7. The van der Waals surface area contributed by atoms with Gasteiger partial charge in [0.25, 0.3) is 0 Å². The highest BCUT2D eigenvalue weighted by molar-refractivity contribution is 6.00. The van der Waals surface area contributed by atoms with Crippen LogP contribution in [0.3, 0.4) is 0 Å². The number of carbonyl (C=O) groups is 1. The van der Waals surface area contributed by atoms with E-state index >= 15 is 0 Å². The van der Waals surface area contributed by atoms with Crippen molar-refractivity contribution in [2.45, 2.75) is 31.0 Å². The highest BCUT2D eigenvalue weighted by atomic mass is 16.5. The summed E-state index contributed by atoms with van der Waals surface area (Å²) in [6, 6.07) is 5.65. The lowest BCUT2D eigenvalue weighted by molar-refractivity contribution is -0.130. The maximum Gasteiger partial charge on any atom is 0.165 e. The number of benzene rings is 1. The Morgan fingerprint density at radius 2 is 1.88 bits per heavy atom. The van der Waals surface area contributed by atoms with Crippen molar-refractivity contribution in [1.29, 1.82) is 0 Å². The SMILES string of the molecule is C=CCC1=C[C@@]2(OC)[C@@H](C)[C@H](c3ccc(OC)c(OC)c3)[C@@H](C1=O)[C@@H]2O. The van der Waals surface area contributed by atoms with Crippen LogP contribution in [-0.4, -0.2) is 43.9 Å². The second-order valence-corrected chi connectivity index (χ2v) is 6.98. The van der Waals surface area contributed by atoms with Gasteiger partial charge in [0.2, 0.25) is 0 Å². The monoisotopic (exact) mass is 358 g/mol. The molecule has 0 saturated heterocycles. The minimum atomic E-state index is -0.887. The van der Waals surface area contributed by atoms with Crippen molar-refractivity contribution in [3.05, 3.63) is 48.1 Å². The van der Waals surface area contributed by atoms with Crippen LogP contribution in [0.15, 0.2) is 42.5 Å². The quantitative estimate of drug-likeness (QED) is 0.792. The average molecular weight is 358 g/mol. The number of rotatable bonds is 6. The van der Waals surface area contributed by atoms with Gasteiger partial charge in [-0.15, -0.1) is 6.58 Å². The van der Waals surface area contributed by atoms with E-state index in [1.54, 1.807) is 27.4 Å². The number of aliphatic hydroxyl groups excluding tert-OH is 1. The summed E-state index contributed by atoms with van der Waals surface area (Å²) in [6.45, 7) is 5.76. The van der Waals surface area contributed by atoms with E-state index in [0.717, 1.165) is 5.56 Å². The molecule has 2 bridgehead atoms. The Bertz CT molecular complexity index is 753. The Morgan fingerprint density at radius 1 is 1.19 bits per heavy atom. The molecule has 1 aromatic rings. The number of hydrogen-bond acceptors (Lipinski definition) is 5. The molecule has 1 aromatic carbocycles. The molecule has 0 radical (unpaired) electrons. The first-order chi connectivity index (χ1) is 12.4. The number of carbonyl (C=O) groups excluding carboxylic acids is 1. The van der Waals surface area contributed by atoms with Gasteiger partial charge in [0.15, 0.2) is 17.3 Å². The molecule has 3 rings (SSSR count). The molecule has 1 fully saturated rings. The van der Waals surface area contributed by atoms with Gasteiger partial charge in [0.1, 0.15) is 5.60 Å². The molecule has 0 aliphatic heterocycles. The van der Waals surface area contributed by atoms with Crippen LogP contribution >= 0.6 is 0 Å². The standard InChI is InChI=1S/C21H26O5/c1-6-7-14-11-21(26-5)12(2)17(18(19(14)22)20(21)23)13-8-9-15(24-3)16(10-13)25-4/h6,8-12,17-18,20,23H,1,7H2,2-5H3/t12-,17+,18-,20-,21+/m0/s1. The van der Waals surface area contributed by atoms with Crippen molar-refractivity contribution in [3.8, 4) is 11.5 Å². The number of Topliss-reactive ketones (excluding diaryl/α,β-unsaturated/α-hetero) is 1. The van der Waals surface area contributed by atoms with Crippen LogP contribution in [0.1, 0.15) is 24.8 Å². The van der Waals surface area contributed by atoms with Crippen molar-refractivity contribution in [2.24, 2.45) is 11.8 Å². The number of hydrogen-bond donors (Lipinski definition) is 1. The highest BCUT2D eigenvalue weighted by Crippen LogP contribution is 2.56. The van der Waals surface area contributed by atoms with Gasteiger partial charge in [-0.3, -0.25) is 4.79 Å². The molecule has 5 heteroatoms. The van der Waals surface area contributed by atoms with Crippen LogP contribution in [-0.2, 0) is 9.53 Å². The maximum absolute atomic E-state index is 13.1. The fourth-order valence-electron chi connectivity index (χ4n) is 4.66. The van der Waals surface area contributed by atoms with E-state index in [1.807, 2.05) is 31.2 Å². The van der Waals surface area contributed by atoms with E-state index in [9.17, 15) is 9.90 Å². The summed E-state index contributed by atoms with van der Waals surface area (Å²) in [7, 11) is 4.76. The minimum Gasteiger partial charge on any atom is -0.493 e. The van der Waals surface area contributed by atoms with Crippen LogP contribution in [0.25, 0.3) is 0 Å². The minimum absolute atomic E-state index is 0.0331. The zero-order chi connectivity index (χ0) is 19.1. The molecule has 0 spiro atoms. The first-order valence-corrected chi connectivity index (χ1v) is 8.77. The van der Waals surface area contributed by atoms with Gasteiger partial charge in [-0.2, -0.15) is 0 Å². The summed E-state index contributed by atoms with van der Waals surface area (Å²) in [4.78, 5) is 13.1. The molecule has 140 valence electrons. The van der Waals surface area contributed by atoms with Crippen molar-refractivity contribution in [2.75, 3.05) is 21.3 Å². The van der Waals surface area contributed by atoms with E-state index in [0.29, 0.717) is 23.5 Å². The van der Waals surface area contributed by atoms with Gasteiger partial charge in [0, 0.05) is 13.0 Å². The third-order valence-corrected chi connectivity index (χ3v) is 5.97. The number of ketones is 1. The van der Waals surface area contributed by atoms with Crippen molar-refractivity contribution in [3.63, 3.8) is 0 Å². The Hall–Kier alpha value is -2.11. The smallest absolute Gasteiger partial charge is 0.165 e. The van der Waals surface area contributed by atoms with Gasteiger partial charge in [-0.25, -0.2) is 0 Å². The second kappa shape index (κ2) is 6.89. The summed E-state index contributed by atoms with van der Waals surface area (Å²) in [5, 5.41) is 11.0. The number of ether oxygens (including phenoxy) is 3. The van der Waals surface area contributed by atoms with Crippen LogP contribution < -0.4 is 9.47 Å². The van der Waals surface area contributed by atoms with Crippen molar-refractivity contribution >= 4 is 5.78 Å². The highest BCUT2D eigenvalue weighted by Gasteiger charge is 2.63. The average Bonchev–Trinajstić information content (AvgIpc) is 2.81. The molecule has 1 N–H and O–H groups in total. The van der Waals surface area contributed by atoms with Crippen LogP contribution in [0, 0.1) is 11.8 Å². The Morgan fingerprint density at radius 3 is 2.46 bits per heavy atom. The summed E-state index contributed by atoms with van der Waals surface area (Å²) in [5.74, 6) is 0.375. The molecule has 5 nitrogen and oxygen atoms in total. The fraction of sp³-hybridized carbons (Fsp3) is 0.476. The molecule has 0 amide bonds. The number of methoxy groups -OCH3 is 3. The summed E-state index contributed by atoms with van der Waals surface area (Å²) >= 11 is 0. The summed E-state index contributed by atoms with van der Waals surface area (Å²) in [6.07, 6.45) is 3.10. The third-order valence-electron chi connectivity index (χ3n) is 5.97. The fourth-order valence-corrected chi connectivity index (χ4v) is 4.66. The molecule has 26 heavy (non-hydrogen) atoms. The van der Waals surface area contributed by atoms with Gasteiger partial charge in [0.05, 0.1) is 26.2 Å². The molecule has 5 atom stereocenters. The van der Waals surface area contributed by atoms with Crippen molar-refractivity contribution < 1.29 is 24.1 Å². The molecule has 1 saturated carbocycles. The first-order valence-electron chi connectivity index (χ1n) is 8.77. The van der Waals surface area contributed by atoms with Crippen LogP contribution in [0.5, 0.6) is 11.5 Å². The van der Waals surface area contributed by atoms with E-state index < -0.39 is 17.6 Å². The normalized spacial score (nSPS) is 33.0. The molecular weight excluding hydrogens is 332 g/mol. The van der Waals surface area contributed by atoms with Gasteiger partial charge >= 0.3 is 0 Å². The van der Waals surface area contributed by atoms with Crippen molar-refractivity contribution in [1.82, 2.24) is 0 Å². The second-order valence-electron chi connectivity index (χ2n) is 6.98. The van der Waals surface area contributed by atoms with Crippen LogP contribution in [0.2, 0.25) is 0 Å². The number of aliphatic hydroxyl groups is 1. The Kier molecular flexibility index (Phi) is 4.95. The zero-order valence-corrected chi connectivity index (χ0v) is 15.7. The topological polar surface area (TPSA) is 65.0 Å². The largest absolute Gasteiger partial charge is 0.493 e. The molecule has 2 aliphatic carbocycles. The van der Waals surface area contributed by atoms with Gasteiger partial charge in [-0.1, -0.05) is 19.1 Å². The molecule has 0 heterocycles. The zero-order valence-electron chi connectivity index (χ0n) is 15.7. The maximum atomic E-state index is 13.1. The van der Waals surface area contributed by atoms with Gasteiger partial charge in [-0.05, 0) is 41.7 Å². The lowest BCUT2D eigenvalue weighted by Crippen LogP contribution is -2.48. The molecule has 2 aliphatic rings. The number of allylic oxidation sites excluding steroid dienone is 2. The molecule has 0 unspecified atom stereocenters. The predicted octanol–water partition coefficient (Wildman–Crippen LogP) is 2.88. The Labute approximate surface area is 154 Å².